The number of furan rings is 1. The zero-order chi connectivity index (χ0) is 21.1. The topological polar surface area (TPSA) is 124 Å². The molecule has 0 aliphatic carbocycles. The van der Waals surface area contributed by atoms with Gasteiger partial charge in [0.1, 0.15) is 23.2 Å². The van der Waals surface area contributed by atoms with Gasteiger partial charge < -0.3 is 24.1 Å². The molecule has 2 heterocycles. The van der Waals surface area contributed by atoms with Crippen molar-refractivity contribution in [1.82, 2.24) is 14.9 Å². The largest absolute Gasteiger partial charge is 0.496 e. The van der Waals surface area contributed by atoms with Crippen molar-refractivity contribution < 1.29 is 23.8 Å². The summed E-state index contributed by atoms with van der Waals surface area (Å²) in [5.74, 6) is -1.70. The summed E-state index contributed by atoms with van der Waals surface area (Å²) in [4.78, 5) is 40.9. The number of ether oxygens (including phenoxy) is 1. The van der Waals surface area contributed by atoms with Gasteiger partial charge in [0.25, 0.3) is 11.5 Å². The fourth-order valence-electron chi connectivity index (χ4n) is 3.15. The lowest BCUT2D eigenvalue weighted by molar-refractivity contribution is -0.141. The number of aromatic nitrogens is 2. The Hall–Kier alpha value is -3.62. The van der Waals surface area contributed by atoms with E-state index in [-0.39, 0.29) is 35.4 Å². The fourth-order valence-corrected chi connectivity index (χ4v) is 3.15. The van der Waals surface area contributed by atoms with Crippen molar-refractivity contribution >= 4 is 23.0 Å². The number of carboxylic acid groups (broad SMARTS) is 1. The fraction of sp³-hybridized carbons (Fsp3) is 0.300. The Kier molecular flexibility index (Phi) is 5.67. The van der Waals surface area contributed by atoms with Crippen molar-refractivity contribution in [2.24, 2.45) is 13.0 Å². The SMILES string of the molecule is COc1ccccc1CC(CNC(=O)c1c(C)oc2ncn(C)c(=O)c12)C(=O)O. The molecule has 9 nitrogen and oxygen atoms in total. The van der Waals surface area contributed by atoms with Gasteiger partial charge in [0.2, 0.25) is 5.71 Å². The van der Waals surface area contributed by atoms with Crippen molar-refractivity contribution in [1.29, 1.82) is 0 Å². The van der Waals surface area contributed by atoms with E-state index in [1.54, 1.807) is 31.2 Å². The minimum absolute atomic E-state index is 0.0649. The first-order valence-electron chi connectivity index (χ1n) is 8.91. The Morgan fingerprint density at radius 1 is 1.34 bits per heavy atom. The molecule has 9 heteroatoms. The maximum Gasteiger partial charge on any atom is 0.308 e. The zero-order valence-electron chi connectivity index (χ0n) is 16.3. The van der Waals surface area contributed by atoms with Gasteiger partial charge in [0.15, 0.2) is 0 Å². The molecule has 3 rings (SSSR count). The third kappa shape index (κ3) is 3.98. The highest BCUT2D eigenvalue weighted by molar-refractivity contribution is 6.06. The number of nitrogens with one attached hydrogen (secondary N) is 1. The third-order valence-electron chi connectivity index (χ3n) is 4.69. The average molecular weight is 399 g/mol. The third-order valence-corrected chi connectivity index (χ3v) is 4.69. The first-order chi connectivity index (χ1) is 13.8. The van der Waals surface area contributed by atoms with Gasteiger partial charge in [-0.3, -0.25) is 14.4 Å². The van der Waals surface area contributed by atoms with Crippen LogP contribution in [0, 0.1) is 12.8 Å². The summed E-state index contributed by atoms with van der Waals surface area (Å²) in [5, 5.41) is 12.3. The summed E-state index contributed by atoms with van der Waals surface area (Å²) in [7, 11) is 3.03. The zero-order valence-corrected chi connectivity index (χ0v) is 16.3. The van der Waals surface area contributed by atoms with Gasteiger partial charge in [-0.1, -0.05) is 18.2 Å². The second kappa shape index (κ2) is 8.17. The van der Waals surface area contributed by atoms with Crippen LogP contribution in [-0.2, 0) is 18.3 Å². The molecule has 1 unspecified atom stereocenters. The van der Waals surface area contributed by atoms with Crippen LogP contribution in [0.1, 0.15) is 21.7 Å². The molecule has 29 heavy (non-hydrogen) atoms. The van der Waals surface area contributed by atoms with E-state index in [0.717, 1.165) is 5.56 Å². The number of aliphatic carboxylic acids is 1. The Labute approximate surface area is 165 Å². The van der Waals surface area contributed by atoms with Crippen LogP contribution in [0.25, 0.3) is 11.1 Å². The monoisotopic (exact) mass is 399 g/mol. The highest BCUT2D eigenvalue weighted by atomic mass is 16.5. The number of methoxy groups -OCH3 is 1. The number of aryl methyl sites for hydroxylation is 2. The van der Waals surface area contributed by atoms with E-state index in [2.05, 4.69) is 10.3 Å². The predicted molar refractivity (Wildman–Crippen MR) is 104 cm³/mol. The van der Waals surface area contributed by atoms with Gasteiger partial charge in [0, 0.05) is 13.6 Å². The number of para-hydroxylation sites is 1. The molecule has 1 atom stereocenters. The number of carbonyl (C=O) groups is 2. The van der Waals surface area contributed by atoms with Gasteiger partial charge in [-0.2, -0.15) is 0 Å². The van der Waals surface area contributed by atoms with Crippen LogP contribution in [0.15, 0.2) is 39.8 Å². The van der Waals surface area contributed by atoms with E-state index >= 15 is 0 Å². The van der Waals surface area contributed by atoms with Crippen LogP contribution in [0.5, 0.6) is 5.75 Å². The van der Waals surface area contributed by atoms with Gasteiger partial charge in [0.05, 0.1) is 18.6 Å². The second-order valence-electron chi connectivity index (χ2n) is 6.64. The molecule has 0 saturated heterocycles. The Morgan fingerprint density at radius 3 is 2.76 bits per heavy atom. The van der Waals surface area contributed by atoms with Crippen molar-refractivity contribution in [3.63, 3.8) is 0 Å². The molecule has 152 valence electrons. The summed E-state index contributed by atoms with van der Waals surface area (Å²) in [6, 6.07) is 7.11. The van der Waals surface area contributed by atoms with Crippen LogP contribution in [0.2, 0.25) is 0 Å². The normalized spacial score (nSPS) is 12.0. The molecule has 2 N–H and O–H groups in total. The molecule has 0 saturated carbocycles. The molecule has 3 aromatic rings. The first kappa shape index (κ1) is 20.1. The van der Waals surface area contributed by atoms with Crippen LogP contribution in [0.3, 0.4) is 0 Å². The van der Waals surface area contributed by atoms with Crippen LogP contribution in [-0.4, -0.2) is 40.2 Å². The predicted octanol–water partition coefficient (Wildman–Crippen LogP) is 1.52. The molecule has 1 amide bonds. The Morgan fingerprint density at radius 2 is 2.07 bits per heavy atom. The maximum absolute atomic E-state index is 12.7. The molecule has 0 aliphatic rings. The highest BCUT2D eigenvalue weighted by Crippen LogP contribution is 2.22. The van der Waals surface area contributed by atoms with Crippen molar-refractivity contribution in [3.8, 4) is 5.75 Å². The lowest BCUT2D eigenvalue weighted by Crippen LogP contribution is -2.34. The number of hydrogen-bond donors (Lipinski definition) is 2. The van der Waals surface area contributed by atoms with Gasteiger partial charge in [-0.15, -0.1) is 0 Å². The standard InChI is InChI=1S/C20H21N3O6/c1-11-15(16-18(29-11)22-10-23(2)19(16)25)17(24)21-9-13(20(26)27)8-12-6-4-5-7-14(12)28-3/h4-7,10,13H,8-9H2,1-3H3,(H,21,24)(H,26,27). The summed E-state index contributed by atoms with van der Waals surface area (Å²) in [6.07, 6.45) is 1.48. The number of amides is 1. The molecular formula is C20H21N3O6. The summed E-state index contributed by atoms with van der Waals surface area (Å²) in [5.41, 5.74) is 0.440. The highest BCUT2D eigenvalue weighted by Gasteiger charge is 2.25. The van der Waals surface area contributed by atoms with E-state index in [1.807, 2.05) is 0 Å². The van der Waals surface area contributed by atoms with Crippen LogP contribution in [0.4, 0.5) is 0 Å². The number of rotatable bonds is 7. The summed E-state index contributed by atoms with van der Waals surface area (Å²) in [6.45, 7) is 1.43. The van der Waals surface area contributed by atoms with E-state index in [4.69, 9.17) is 9.15 Å². The minimum atomic E-state index is -1.05. The summed E-state index contributed by atoms with van der Waals surface area (Å²) < 4.78 is 11.9. The number of carbonyl (C=O) groups excluding carboxylic acids is 1. The molecule has 0 spiro atoms. The average Bonchev–Trinajstić information content (AvgIpc) is 3.04. The van der Waals surface area contributed by atoms with Gasteiger partial charge in [-0.05, 0) is 25.0 Å². The Balaban J connectivity index is 1.82. The minimum Gasteiger partial charge on any atom is -0.496 e. The van der Waals surface area contributed by atoms with Gasteiger partial charge >= 0.3 is 5.97 Å². The van der Waals surface area contributed by atoms with Crippen LogP contribution < -0.4 is 15.6 Å². The summed E-state index contributed by atoms with van der Waals surface area (Å²) >= 11 is 0. The van der Waals surface area contributed by atoms with Crippen molar-refractivity contribution in [3.05, 3.63) is 57.8 Å². The number of carboxylic acids is 1. The molecule has 1 aromatic carbocycles. The molecule has 0 fully saturated rings. The quantitative estimate of drug-likeness (QED) is 0.617. The molecule has 0 radical (unpaired) electrons. The smallest absolute Gasteiger partial charge is 0.308 e. The number of hydrogen-bond acceptors (Lipinski definition) is 6. The molecule has 2 aromatic heterocycles. The van der Waals surface area contributed by atoms with Gasteiger partial charge in [-0.25, -0.2) is 4.98 Å². The lowest BCUT2D eigenvalue weighted by atomic mass is 9.98. The van der Waals surface area contributed by atoms with E-state index in [9.17, 15) is 19.5 Å². The van der Waals surface area contributed by atoms with Crippen molar-refractivity contribution in [2.75, 3.05) is 13.7 Å². The maximum atomic E-state index is 12.7. The second-order valence-corrected chi connectivity index (χ2v) is 6.64. The first-order valence-corrected chi connectivity index (χ1v) is 8.91. The van der Waals surface area contributed by atoms with E-state index in [0.29, 0.717) is 5.75 Å². The number of benzene rings is 1. The lowest BCUT2D eigenvalue weighted by Gasteiger charge is -2.15. The molecule has 0 aliphatic heterocycles. The van der Waals surface area contributed by atoms with Crippen molar-refractivity contribution in [2.45, 2.75) is 13.3 Å². The molecular weight excluding hydrogens is 378 g/mol. The number of nitrogens with zero attached hydrogens (tertiary/aromatic N) is 2. The molecule has 0 bridgehead atoms. The van der Waals surface area contributed by atoms with E-state index in [1.165, 1.54) is 25.1 Å². The Bertz CT molecular complexity index is 1130. The van der Waals surface area contributed by atoms with Crippen LogP contribution >= 0.6 is 0 Å². The number of fused-ring (bicyclic) bond motifs is 1. The van der Waals surface area contributed by atoms with E-state index < -0.39 is 23.4 Å².